The van der Waals surface area contributed by atoms with Crippen LogP contribution in [0.25, 0.3) is 22.0 Å². The third-order valence-corrected chi connectivity index (χ3v) is 6.60. The van der Waals surface area contributed by atoms with Gasteiger partial charge in [-0.15, -0.1) is 0 Å². The molecule has 1 fully saturated rings. The molecule has 1 amide bonds. The molecule has 4 aromatic rings. The van der Waals surface area contributed by atoms with Crippen LogP contribution in [0.5, 0.6) is 0 Å². The second kappa shape index (κ2) is 8.61. The van der Waals surface area contributed by atoms with Crippen molar-refractivity contribution in [3.05, 3.63) is 71.9 Å². The van der Waals surface area contributed by atoms with Gasteiger partial charge in [0.25, 0.3) is 0 Å². The number of hydrogen-bond donors (Lipinski definition) is 1. The molecule has 0 radical (unpaired) electrons. The van der Waals surface area contributed by atoms with Crippen LogP contribution < -0.4 is 0 Å². The summed E-state index contributed by atoms with van der Waals surface area (Å²) in [6.07, 6.45) is 6.14. The number of pyridine rings is 1. The van der Waals surface area contributed by atoms with E-state index in [-0.39, 0.29) is 5.91 Å². The van der Waals surface area contributed by atoms with Crippen molar-refractivity contribution in [1.82, 2.24) is 24.6 Å². The first-order valence-electron chi connectivity index (χ1n) is 11.4. The molecule has 164 valence electrons. The number of H-pyrrole nitrogens is 1. The molecule has 1 N–H and O–H groups in total. The molecule has 0 bridgehead atoms. The average molecular weight is 428 g/mol. The number of aryl methyl sites for hydroxylation is 3. The van der Waals surface area contributed by atoms with E-state index in [4.69, 9.17) is 0 Å². The van der Waals surface area contributed by atoms with E-state index in [2.05, 4.69) is 57.5 Å². The van der Waals surface area contributed by atoms with Crippen LogP contribution in [-0.4, -0.2) is 43.6 Å². The number of nitrogens with zero attached hydrogens (tertiary/aromatic N) is 4. The highest BCUT2D eigenvalue weighted by Crippen LogP contribution is 2.39. The summed E-state index contributed by atoms with van der Waals surface area (Å²) in [7, 11) is 0. The monoisotopic (exact) mass is 427 g/mol. The molecule has 0 saturated carbocycles. The van der Waals surface area contributed by atoms with Crippen LogP contribution in [0.2, 0.25) is 0 Å². The quantitative estimate of drug-likeness (QED) is 0.496. The first-order valence-corrected chi connectivity index (χ1v) is 11.4. The largest absolute Gasteiger partial charge is 0.358 e. The molecule has 0 unspecified atom stereocenters. The highest BCUT2D eigenvalue weighted by Gasteiger charge is 2.27. The number of carbonyl (C=O) groups is 1. The van der Waals surface area contributed by atoms with Crippen molar-refractivity contribution in [3.63, 3.8) is 0 Å². The maximum atomic E-state index is 12.8. The molecule has 3 aromatic heterocycles. The molecule has 5 rings (SSSR count). The summed E-state index contributed by atoms with van der Waals surface area (Å²) in [6.45, 7) is 6.27. The molecule has 1 saturated heterocycles. The minimum Gasteiger partial charge on any atom is -0.358 e. The molecule has 0 spiro atoms. The summed E-state index contributed by atoms with van der Waals surface area (Å²) in [5.74, 6) is 0.632. The number of carbonyl (C=O) groups excluding carboxylic acids is 1. The van der Waals surface area contributed by atoms with Gasteiger partial charge in [0.05, 0.1) is 5.69 Å². The number of aromatic amines is 1. The Kier molecular flexibility index (Phi) is 5.52. The number of amides is 1. The Morgan fingerprint density at radius 3 is 2.56 bits per heavy atom. The van der Waals surface area contributed by atoms with E-state index in [1.54, 1.807) is 0 Å². The fourth-order valence-corrected chi connectivity index (χ4v) is 4.98. The second-order valence-electron chi connectivity index (χ2n) is 8.75. The van der Waals surface area contributed by atoms with Crippen LogP contribution in [0.4, 0.5) is 0 Å². The zero-order valence-corrected chi connectivity index (χ0v) is 18.7. The topological polar surface area (TPSA) is 66.8 Å². The summed E-state index contributed by atoms with van der Waals surface area (Å²) >= 11 is 0. The summed E-state index contributed by atoms with van der Waals surface area (Å²) < 4.78 is 1.94. The first kappa shape index (κ1) is 20.5. The summed E-state index contributed by atoms with van der Waals surface area (Å²) in [4.78, 5) is 22.7. The maximum absolute atomic E-state index is 12.8. The number of benzene rings is 1. The van der Waals surface area contributed by atoms with Crippen LogP contribution in [-0.2, 0) is 11.3 Å². The predicted molar refractivity (Wildman–Crippen MR) is 126 cm³/mol. The van der Waals surface area contributed by atoms with E-state index >= 15 is 0 Å². The average Bonchev–Trinajstić information content (AvgIpc) is 3.37. The van der Waals surface area contributed by atoms with Gasteiger partial charge in [0, 0.05) is 72.2 Å². The third-order valence-electron chi connectivity index (χ3n) is 6.60. The van der Waals surface area contributed by atoms with Gasteiger partial charge in [-0.1, -0.05) is 18.2 Å². The molecule has 6 nitrogen and oxygen atoms in total. The number of rotatable bonds is 5. The highest BCUT2D eigenvalue weighted by atomic mass is 16.2. The van der Waals surface area contributed by atoms with Crippen molar-refractivity contribution < 1.29 is 4.79 Å². The van der Waals surface area contributed by atoms with Gasteiger partial charge < -0.3 is 9.88 Å². The van der Waals surface area contributed by atoms with Crippen molar-refractivity contribution in [2.45, 2.75) is 45.6 Å². The number of hydrogen-bond acceptors (Lipinski definition) is 3. The fraction of sp³-hybridized carbons (Fsp3) is 0.346. The number of fused-ring (bicyclic) bond motifs is 1. The van der Waals surface area contributed by atoms with Crippen molar-refractivity contribution in [2.24, 2.45) is 0 Å². The lowest BCUT2D eigenvalue weighted by Crippen LogP contribution is -2.38. The Bertz CT molecular complexity index is 1230. The molecule has 6 heteroatoms. The van der Waals surface area contributed by atoms with E-state index in [0.29, 0.717) is 18.9 Å². The van der Waals surface area contributed by atoms with Crippen LogP contribution in [0.15, 0.2) is 54.9 Å². The van der Waals surface area contributed by atoms with Crippen LogP contribution in [0, 0.1) is 13.8 Å². The molecule has 0 aliphatic carbocycles. The molecule has 32 heavy (non-hydrogen) atoms. The molecule has 1 aromatic carbocycles. The number of likely N-dealkylation sites (tertiary alicyclic amines) is 1. The lowest BCUT2D eigenvalue weighted by atomic mass is 9.88. The Morgan fingerprint density at radius 2 is 1.84 bits per heavy atom. The van der Waals surface area contributed by atoms with E-state index in [9.17, 15) is 4.79 Å². The van der Waals surface area contributed by atoms with Gasteiger partial charge in [-0.25, -0.2) is 0 Å². The molecule has 0 atom stereocenters. The zero-order chi connectivity index (χ0) is 22.1. The Balaban J connectivity index is 1.30. The van der Waals surface area contributed by atoms with Gasteiger partial charge in [-0.2, -0.15) is 5.10 Å². The standard InChI is InChI=1S/C26H29N5O/c1-18-17-19(2)31(29-18)16-11-24(32)30-14-9-21(10-15-30)26-25(20-7-12-27-13-8-20)22-5-3-4-6-23(22)28-26/h3-8,12-13,17,21,28H,9-11,14-16H2,1-2H3. The second-order valence-corrected chi connectivity index (χ2v) is 8.75. The lowest BCUT2D eigenvalue weighted by Gasteiger charge is -2.32. The number of para-hydroxylation sites is 1. The maximum Gasteiger partial charge on any atom is 0.224 e. The van der Waals surface area contributed by atoms with Gasteiger partial charge in [0.2, 0.25) is 5.91 Å². The fourth-order valence-electron chi connectivity index (χ4n) is 4.98. The molecule has 1 aliphatic heterocycles. The van der Waals surface area contributed by atoms with E-state index in [1.165, 1.54) is 22.2 Å². The summed E-state index contributed by atoms with van der Waals surface area (Å²) in [5.41, 5.74) is 7.02. The van der Waals surface area contributed by atoms with Gasteiger partial charge in [-0.3, -0.25) is 14.5 Å². The number of nitrogens with one attached hydrogen (secondary N) is 1. The normalized spacial score (nSPS) is 14.9. The molecular weight excluding hydrogens is 398 g/mol. The Morgan fingerprint density at radius 1 is 1.09 bits per heavy atom. The molecular formula is C26H29N5O. The minimum atomic E-state index is 0.224. The van der Waals surface area contributed by atoms with Gasteiger partial charge in [0.15, 0.2) is 0 Å². The van der Waals surface area contributed by atoms with Crippen molar-refractivity contribution in [3.8, 4) is 11.1 Å². The SMILES string of the molecule is Cc1cc(C)n(CCC(=O)N2CCC(c3[nH]c4ccccc4c3-c3ccncc3)CC2)n1. The van der Waals surface area contributed by atoms with Gasteiger partial charge in [0.1, 0.15) is 0 Å². The van der Waals surface area contributed by atoms with Crippen molar-refractivity contribution >= 4 is 16.8 Å². The first-order chi connectivity index (χ1) is 15.6. The zero-order valence-electron chi connectivity index (χ0n) is 18.7. The van der Waals surface area contributed by atoms with Crippen LogP contribution >= 0.6 is 0 Å². The Hall–Kier alpha value is -3.41. The van der Waals surface area contributed by atoms with E-state index < -0.39 is 0 Å². The number of piperidine rings is 1. The van der Waals surface area contributed by atoms with Crippen LogP contribution in [0.3, 0.4) is 0 Å². The molecule has 1 aliphatic rings. The van der Waals surface area contributed by atoms with Crippen molar-refractivity contribution in [2.75, 3.05) is 13.1 Å². The minimum absolute atomic E-state index is 0.224. The molecule has 4 heterocycles. The number of aromatic nitrogens is 4. The lowest BCUT2D eigenvalue weighted by molar-refractivity contribution is -0.132. The smallest absolute Gasteiger partial charge is 0.224 e. The highest BCUT2D eigenvalue weighted by molar-refractivity contribution is 5.97. The van der Waals surface area contributed by atoms with Crippen LogP contribution in [0.1, 0.15) is 42.3 Å². The van der Waals surface area contributed by atoms with Gasteiger partial charge in [-0.05, 0) is 56.5 Å². The Labute approximate surface area is 188 Å². The van der Waals surface area contributed by atoms with Gasteiger partial charge >= 0.3 is 0 Å². The summed E-state index contributed by atoms with van der Waals surface area (Å²) in [5, 5.41) is 5.72. The predicted octanol–water partition coefficient (Wildman–Crippen LogP) is 4.84. The van der Waals surface area contributed by atoms with E-state index in [1.807, 2.05) is 35.8 Å². The van der Waals surface area contributed by atoms with E-state index in [0.717, 1.165) is 42.8 Å². The third kappa shape index (κ3) is 3.93. The van der Waals surface area contributed by atoms with Crippen molar-refractivity contribution in [1.29, 1.82) is 0 Å². The summed E-state index contributed by atoms with van der Waals surface area (Å²) in [6, 6.07) is 14.7.